The Kier molecular flexibility index (Phi) is 62.3. The van der Waals surface area contributed by atoms with Crippen molar-refractivity contribution in [1.29, 1.82) is 0 Å². The van der Waals surface area contributed by atoms with E-state index < -0.39 is 6.10 Å². The average Bonchev–Trinajstić information content (AvgIpc) is 3.45. The largest absolute Gasteiger partial charge is 0.462 e. The Morgan fingerprint density at radius 3 is 0.823 bits per heavy atom. The summed E-state index contributed by atoms with van der Waals surface area (Å²) in [7, 11) is 0. The molecule has 0 rings (SSSR count). The topological polar surface area (TPSA) is 78.9 Å². The summed E-state index contributed by atoms with van der Waals surface area (Å²) in [5.74, 6) is -0.970. The lowest BCUT2D eigenvalue weighted by molar-refractivity contribution is -0.167. The SMILES string of the molecule is CC/C=C\C/C=C\C/C=C\C/C=C\C/C=C\CCCC(=O)OCC(COC(=O)CCCCCCCCCCCCC/C=C\C/C=C\CCCCCCC)OC(=O)CCCCCCCCCC/C=C\C/C=C\C/C=C\C/C=C\CC. The van der Waals surface area contributed by atoms with E-state index in [-0.39, 0.29) is 37.5 Å². The molecule has 0 saturated heterocycles. The zero-order chi connectivity index (χ0) is 57.1. The van der Waals surface area contributed by atoms with E-state index in [0.717, 1.165) is 116 Å². The second-order valence-electron chi connectivity index (χ2n) is 21.3. The Hall–Kier alpha value is -4.45. The number of ether oxygens (including phenoxy) is 3. The molecule has 1 atom stereocenters. The van der Waals surface area contributed by atoms with Crippen molar-refractivity contribution in [3.05, 3.63) is 134 Å². The molecular weight excluding hydrogens is 973 g/mol. The molecule has 0 bridgehead atoms. The summed E-state index contributed by atoms with van der Waals surface area (Å²) in [6, 6.07) is 0. The van der Waals surface area contributed by atoms with Crippen LogP contribution in [0.1, 0.15) is 290 Å². The van der Waals surface area contributed by atoms with E-state index in [0.29, 0.717) is 19.3 Å². The van der Waals surface area contributed by atoms with Gasteiger partial charge in [-0.05, 0) is 128 Å². The molecule has 0 saturated carbocycles. The van der Waals surface area contributed by atoms with Gasteiger partial charge < -0.3 is 14.2 Å². The lowest BCUT2D eigenvalue weighted by atomic mass is 10.0. The number of hydrogen-bond acceptors (Lipinski definition) is 6. The van der Waals surface area contributed by atoms with Crippen LogP contribution in [0.2, 0.25) is 0 Å². The molecule has 0 radical (unpaired) electrons. The highest BCUT2D eigenvalue weighted by Crippen LogP contribution is 2.15. The zero-order valence-corrected chi connectivity index (χ0v) is 51.3. The molecule has 0 aliphatic heterocycles. The fourth-order valence-corrected chi connectivity index (χ4v) is 8.79. The summed E-state index contributed by atoms with van der Waals surface area (Å²) in [6.45, 7) is 6.36. The summed E-state index contributed by atoms with van der Waals surface area (Å²) in [5.41, 5.74) is 0. The van der Waals surface area contributed by atoms with Gasteiger partial charge in [-0.15, -0.1) is 0 Å². The van der Waals surface area contributed by atoms with E-state index in [1.165, 1.54) is 128 Å². The van der Waals surface area contributed by atoms with Crippen molar-refractivity contribution >= 4 is 17.9 Å². The standard InChI is InChI=1S/C73H120O6/c1-4-7-10-13-16-19-22-25-28-31-33-35-36-38-39-42-45-48-51-54-57-60-63-66-72(75)78-69-70(68-77-71(74)65-62-59-56-53-50-47-44-41-30-27-24-21-18-15-12-9-6-3)79-73(76)67-64-61-58-55-52-49-46-43-40-37-34-32-29-26-23-20-17-14-11-8-5-2/h8-9,11-12,17-18,20-22,25-27,29-31,33-34,37,44,47,53,56,70H,4-7,10,13-16,19,23-24,28,32,35-36,38-43,45-46,48-52,54-55,57-69H2,1-3H3/b11-8-,12-9-,20-17-,21-18-,25-22-,29-26-,30-27-,33-31-,37-34-,47-44-,56-53-. The minimum atomic E-state index is -0.813. The second kappa shape index (κ2) is 66.1. The average molecular weight is 1090 g/mol. The molecule has 6 heteroatoms. The fraction of sp³-hybridized carbons (Fsp3) is 0.658. The van der Waals surface area contributed by atoms with Gasteiger partial charge in [0.25, 0.3) is 0 Å². The van der Waals surface area contributed by atoms with Gasteiger partial charge in [-0.2, -0.15) is 0 Å². The minimum absolute atomic E-state index is 0.103. The van der Waals surface area contributed by atoms with E-state index in [2.05, 4.69) is 154 Å². The number of hydrogen-bond donors (Lipinski definition) is 0. The van der Waals surface area contributed by atoms with Gasteiger partial charge in [0.15, 0.2) is 6.10 Å². The van der Waals surface area contributed by atoms with Crippen LogP contribution in [-0.4, -0.2) is 37.2 Å². The quantitative estimate of drug-likeness (QED) is 0.0261. The number of carbonyl (C=O) groups is 3. The highest BCUT2D eigenvalue weighted by atomic mass is 16.6. The number of allylic oxidation sites excluding steroid dienone is 22. The number of rotatable bonds is 58. The molecular formula is C73H120O6. The van der Waals surface area contributed by atoms with Crippen molar-refractivity contribution in [1.82, 2.24) is 0 Å². The number of esters is 3. The molecule has 1 unspecified atom stereocenters. The van der Waals surface area contributed by atoms with Crippen molar-refractivity contribution in [2.45, 2.75) is 297 Å². The minimum Gasteiger partial charge on any atom is -0.462 e. The highest BCUT2D eigenvalue weighted by molar-refractivity contribution is 5.71. The lowest BCUT2D eigenvalue weighted by Gasteiger charge is -2.18. The van der Waals surface area contributed by atoms with Crippen LogP contribution in [0, 0.1) is 0 Å². The zero-order valence-electron chi connectivity index (χ0n) is 51.3. The predicted molar refractivity (Wildman–Crippen MR) is 343 cm³/mol. The van der Waals surface area contributed by atoms with Crippen LogP contribution in [0.3, 0.4) is 0 Å². The molecule has 0 amide bonds. The van der Waals surface area contributed by atoms with Gasteiger partial charge in [-0.3, -0.25) is 14.4 Å². The van der Waals surface area contributed by atoms with E-state index in [1.807, 2.05) is 0 Å². The van der Waals surface area contributed by atoms with Crippen molar-refractivity contribution in [3.8, 4) is 0 Å². The number of carbonyl (C=O) groups excluding carboxylic acids is 3. The van der Waals surface area contributed by atoms with Gasteiger partial charge >= 0.3 is 17.9 Å². The Morgan fingerprint density at radius 1 is 0.266 bits per heavy atom. The third-order valence-electron chi connectivity index (χ3n) is 13.6. The van der Waals surface area contributed by atoms with Gasteiger partial charge in [-0.1, -0.05) is 276 Å². The molecule has 0 fully saturated rings. The van der Waals surface area contributed by atoms with E-state index in [9.17, 15) is 14.4 Å². The van der Waals surface area contributed by atoms with Crippen LogP contribution in [0.25, 0.3) is 0 Å². The third kappa shape index (κ3) is 64.3. The van der Waals surface area contributed by atoms with Crippen molar-refractivity contribution < 1.29 is 28.6 Å². The molecule has 0 aliphatic rings. The molecule has 448 valence electrons. The summed E-state index contributed by atoms with van der Waals surface area (Å²) < 4.78 is 16.9. The van der Waals surface area contributed by atoms with E-state index in [1.54, 1.807) is 0 Å². The molecule has 0 heterocycles. The first kappa shape index (κ1) is 74.5. The first-order chi connectivity index (χ1) is 39.0. The van der Waals surface area contributed by atoms with Crippen LogP contribution in [0.4, 0.5) is 0 Å². The molecule has 0 aromatic rings. The summed E-state index contributed by atoms with van der Waals surface area (Å²) in [4.78, 5) is 38.4. The van der Waals surface area contributed by atoms with Gasteiger partial charge in [0.05, 0.1) is 0 Å². The normalized spacial score (nSPS) is 13.0. The maximum atomic E-state index is 12.9. The van der Waals surface area contributed by atoms with Crippen LogP contribution in [0.15, 0.2) is 134 Å². The Bertz CT molecular complexity index is 1680. The van der Waals surface area contributed by atoms with Crippen molar-refractivity contribution in [2.75, 3.05) is 13.2 Å². The first-order valence-electron chi connectivity index (χ1n) is 32.7. The lowest BCUT2D eigenvalue weighted by Crippen LogP contribution is -2.30. The fourth-order valence-electron chi connectivity index (χ4n) is 8.79. The maximum Gasteiger partial charge on any atom is 0.306 e. The van der Waals surface area contributed by atoms with Gasteiger partial charge in [0.1, 0.15) is 13.2 Å². The molecule has 79 heavy (non-hydrogen) atoms. The van der Waals surface area contributed by atoms with Gasteiger partial charge in [0, 0.05) is 19.3 Å². The van der Waals surface area contributed by atoms with Crippen LogP contribution >= 0.6 is 0 Å². The summed E-state index contributed by atoms with van der Waals surface area (Å²) >= 11 is 0. The van der Waals surface area contributed by atoms with Crippen molar-refractivity contribution in [2.24, 2.45) is 0 Å². The Labute approximate surface area is 487 Å². The van der Waals surface area contributed by atoms with Crippen molar-refractivity contribution in [3.63, 3.8) is 0 Å². The first-order valence-corrected chi connectivity index (χ1v) is 32.7. The smallest absolute Gasteiger partial charge is 0.306 e. The highest BCUT2D eigenvalue weighted by Gasteiger charge is 2.19. The van der Waals surface area contributed by atoms with Gasteiger partial charge in [-0.25, -0.2) is 0 Å². The van der Waals surface area contributed by atoms with E-state index >= 15 is 0 Å². The van der Waals surface area contributed by atoms with Crippen LogP contribution in [-0.2, 0) is 28.6 Å². The maximum absolute atomic E-state index is 12.9. The Balaban J connectivity index is 4.46. The Morgan fingerprint density at radius 2 is 0.506 bits per heavy atom. The molecule has 0 aromatic heterocycles. The predicted octanol–water partition coefficient (Wildman–Crippen LogP) is 22.5. The second-order valence-corrected chi connectivity index (χ2v) is 21.3. The molecule has 0 aliphatic carbocycles. The van der Waals surface area contributed by atoms with Crippen LogP contribution < -0.4 is 0 Å². The number of unbranched alkanes of at least 4 members (excludes halogenated alkanes) is 25. The summed E-state index contributed by atoms with van der Waals surface area (Å²) in [6.07, 6.45) is 93.2. The molecule has 0 N–H and O–H groups in total. The van der Waals surface area contributed by atoms with Crippen LogP contribution in [0.5, 0.6) is 0 Å². The van der Waals surface area contributed by atoms with Gasteiger partial charge in [0.2, 0.25) is 0 Å². The summed E-state index contributed by atoms with van der Waals surface area (Å²) in [5, 5.41) is 0. The third-order valence-corrected chi connectivity index (χ3v) is 13.6. The molecule has 0 spiro atoms. The monoisotopic (exact) mass is 1090 g/mol. The molecule has 6 nitrogen and oxygen atoms in total. The molecule has 0 aromatic carbocycles. The van der Waals surface area contributed by atoms with E-state index in [4.69, 9.17) is 14.2 Å².